The van der Waals surface area contributed by atoms with E-state index < -0.39 is 0 Å². The van der Waals surface area contributed by atoms with Gasteiger partial charge in [0.1, 0.15) is 0 Å². The molecule has 0 atom stereocenters. The monoisotopic (exact) mass is 397 g/mol. The Hall–Kier alpha value is -2.18. The minimum absolute atomic E-state index is 0.0832. The molecule has 4 rings (SSSR count). The zero-order valence-electron chi connectivity index (χ0n) is 17.3. The highest BCUT2D eigenvalue weighted by molar-refractivity contribution is 5.80. The highest BCUT2D eigenvalue weighted by Gasteiger charge is 2.25. The topological polar surface area (TPSA) is 65.6 Å². The molecule has 0 unspecified atom stereocenters. The van der Waals surface area contributed by atoms with Crippen molar-refractivity contribution in [1.82, 2.24) is 14.8 Å². The number of likely N-dealkylation sites (tertiary alicyclic amines) is 1. The maximum atomic E-state index is 12.7. The first-order valence-electron chi connectivity index (χ1n) is 10.8. The van der Waals surface area contributed by atoms with E-state index in [4.69, 9.17) is 4.74 Å². The molecule has 1 N–H and O–H groups in total. The van der Waals surface area contributed by atoms with Crippen LogP contribution in [0.2, 0.25) is 0 Å². The highest BCUT2D eigenvalue weighted by atomic mass is 16.5. The Bertz CT molecular complexity index is 909. The third-order valence-corrected chi connectivity index (χ3v) is 6.27. The minimum Gasteiger partial charge on any atom is -0.379 e. The van der Waals surface area contributed by atoms with Crippen LogP contribution in [0, 0.1) is 12.8 Å². The van der Waals surface area contributed by atoms with Gasteiger partial charge in [0, 0.05) is 50.2 Å². The summed E-state index contributed by atoms with van der Waals surface area (Å²) in [5.41, 5.74) is 2.58. The van der Waals surface area contributed by atoms with Crippen LogP contribution < -0.4 is 5.56 Å². The van der Waals surface area contributed by atoms with Gasteiger partial charge in [-0.1, -0.05) is 12.1 Å². The Kier molecular flexibility index (Phi) is 6.31. The molecule has 2 aliphatic heterocycles. The summed E-state index contributed by atoms with van der Waals surface area (Å²) in [7, 11) is 0. The van der Waals surface area contributed by atoms with E-state index in [0.717, 1.165) is 75.2 Å². The van der Waals surface area contributed by atoms with E-state index in [1.165, 1.54) is 0 Å². The lowest BCUT2D eigenvalue weighted by Crippen LogP contribution is -2.44. The number of carbonyl (C=O) groups excluding carboxylic acids is 1. The average molecular weight is 398 g/mol. The molecule has 1 aromatic carbocycles. The number of benzene rings is 1. The molecule has 6 heteroatoms. The van der Waals surface area contributed by atoms with Gasteiger partial charge in [0.15, 0.2) is 0 Å². The summed E-state index contributed by atoms with van der Waals surface area (Å²) in [4.78, 5) is 32.5. The zero-order chi connectivity index (χ0) is 20.2. The smallest absolute Gasteiger partial charge is 0.251 e. The standard InChI is InChI=1S/C23H31N3O3/c1-17-2-3-19-15-20(23(28)24-21(19)14-17)4-5-22(27)26-8-6-18(7-9-26)16-25-10-12-29-13-11-25/h2-3,14-15,18H,4-13,16H2,1H3,(H,24,28). The highest BCUT2D eigenvalue weighted by Crippen LogP contribution is 2.20. The SMILES string of the molecule is Cc1ccc2cc(CCC(=O)N3CCC(CN4CCOCC4)CC3)c(=O)[nH]c2c1. The normalized spacial score (nSPS) is 19.0. The van der Waals surface area contributed by atoms with Crippen LogP contribution in [0.1, 0.15) is 30.4 Å². The Morgan fingerprint density at radius 2 is 1.90 bits per heavy atom. The number of H-pyrrole nitrogens is 1. The molecule has 2 fully saturated rings. The lowest BCUT2D eigenvalue weighted by Gasteiger charge is -2.36. The first kappa shape index (κ1) is 20.1. The van der Waals surface area contributed by atoms with Crippen molar-refractivity contribution in [3.63, 3.8) is 0 Å². The van der Waals surface area contributed by atoms with Crippen LogP contribution in [0.3, 0.4) is 0 Å². The molecular formula is C23H31N3O3. The molecule has 1 amide bonds. The van der Waals surface area contributed by atoms with Gasteiger partial charge in [-0.15, -0.1) is 0 Å². The van der Waals surface area contributed by atoms with Gasteiger partial charge in [-0.3, -0.25) is 14.5 Å². The van der Waals surface area contributed by atoms with Crippen LogP contribution in [0.4, 0.5) is 0 Å². The Morgan fingerprint density at radius 3 is 2.66 bits per heavy atom. The predicted molar refractivity (Wildman–Crippen MR) is 114 cm³/mol. The number of ether oxygens (including phenoxy) is 1. The quantitative estimate of drug-likeness (QED) is 0.841. The summed E-state index contributed by atoms with van der Waals surface area (Å²) in [6, 6.07) is 7.96. The van der Waals surface area contributed by atoms with Crippen molar-refractivity contribution < 1.29 is 9.53 Å². The van der Waals surface area contributed by atoms with Crippen LogP contribution in [0.5, 0.6) is 0 Å². The van der Waals surface area contributed by atoms with Crippen LogP contribution in [0.25, 0.3) is 10.9 Å². The second-order valence-electron chi connectivity index (χ2n) is 8.45. The predicted octanol–water partition coefficient (Wildman–Crippen LogP) is 2.34. The molecule has 1 aromatic heterocycles. The number of aryl methyl sites for hydroxylation is 2. The number of fused-ring (bicyclic) bond motifs is 1. The molecule has 2 saturated heterocycles. The summed E-state index contributed by atoms with van der Waals surface area (Å²) in [5, 5.41) is 1.02. The van der Waals surface area contributed by atoms with Gasteiger partial charge in [0.2, 0.25) is 5.91 Å². The Morgan fingerprint density at radius 1 is 1.14 bits per heavy atom. The van der Waals surface area contributed by atoms with Crippen molar-refractivity contribution in [3.8, 4) is 0 Å². The Balaban J connectivity index is 1.28. The number of carbonyl (C=O) groups is 1. The van der Waals surface area contributed by atoms with Crippen molar-refractivity contribution in [2.75, 3.05) is 45.9 Å². The average Bonchev–Trinajstić information content (AvgIpc) is 2.73. The molecule has 2 aliphatic rings. The lowest BCUT2D eigenvalue weighted by molar-refractivity contribution is -0.132. The van der Waals surface area contributed by atoms with Gasteiger partial charge in [0.25, 0.3) is 5.56 Å². The molecule has 3 heterocycles. The van der Waals surface area contributed by atoms with E-state index in [0.29, 0.717) is 24.3 Å². The van der Waals surface area contributed by atoms with E-state index in [2.05, 4.69) is 9.88 Å². The first-order valence-corrected chi connectivity index (χ1v) is 10.8. The Labute approximate surface area is 171 Å². The minimum atomic E-state index is -0.0832. The number of rotatable bonds is 5. The third kappa shape index (κ3) is 5.06. The van der Waals surface area contributed by atoms with Gasteiger partial charge < -0.3 is 14.6 Å². The first-order chi connectivity index (χ1) is 14.1. The van der Waals surface area contributed by atoms with Crippen molar-refractivity contribution in [3.05, 3.63) is 45.7 Å². The molecule has 156 valence electrons. The van der Waals surface area contributed by atoms with Gasteiger partial charge in [-0.2, -0.15) is 0 Å². The van der Waals surface area contributed by atoms with Crippen molar-refractivity contribution >= 4 is 16.8 Å². The second-order valence-corrected chi connectivity index (χ2v) is 8.45. The van der Waals surface area contributed by atoms with Gasteiger partial charge in [-0.25, -0.2) is 0 Å². The molecular weight excluding hydrogens is 366 g/mol. The number of piperidine rings is 1. The molecule has 0 radical (unpaired) electrons. The van der Waals surface area contributed by atoms with Gasteiger partial charge >= 0.3 is 0 Å². The van der Waals surface area contributed by atoms with Crippen molar-refractivity contribution in [1.29, 1.82) is 0 Å². The summed E-state index contributed by atoms with van der Waals surface area (Å²) in [6.45, 7) is 8.53. The maximum Gasteiger partial charge on any atom is 0.251 e. The van der Waals surface area contributed by atoms with E-state index >= 15 is 0 Å². The third-order valence-electron chi connectivity index (χ3n) is 6.27. The van der Waals surface area contributed by atoms with Crippen LogP contribution in [-0.2, 0) is 16.0 Å². The van der Waals surface area contributed by atoms with E-state index in [-0.39, 0.29) is 11.5 Å². The van der Waals surface area contributed by atoms with Crippen molar-refractivity contribution in [2.45, 2.75) is 32.6 Å². The molecule has 0 bridgehead atoms. The zero-order valence-corrected chi connectivity index (χ0v) is 17.3. The fourth-order valence-electron chi connectivity index (χ4n) is 4.46. The number of amides is 1. The number of hydrogen-bond acceptors (Lipinski definition) is 4. The summed E-state index contributed by atoms with van der Waals surface area (Å²) in [5.74, 6) is 0.835. The largest absolute Gasteiger partial charge is 0.379 e. The molecule has 0 saturated carbocycles. The number of hydrogen-bond donors (Lipinski definition) is 1. The molecule has 29 heavy (non-hydrogen) atoms. The second kappa shape index (κ2) is 9.09. The summed E-state index contributed by atoms with van der Waals surface area (Å²) in [6.07, 6.45) is 3.03. The number of nitrogens with one attached hydrogen (secondary N) is 1. The summed E-state index contributed by atoms with van der Waals surface area (Å²) >= 11 is 0. The van der Waals surface area contributed by atoms with E-state index in [1.54, 1.807) is 0 Å². The number of morpholine rings is 1. The molecule has 0 aliphatic carbocycles. The van der Waals surface area contributed by atoms with Crippen LogP contribution >= 0.6 is 0 Å². The maximum absolute atomic E-state index is 12.7. The fraction of sp³-hybridized carbons (Fsp3) is 0.565. The molecule has 2 aromatic rings. The number of pyridine rings is 1. The number of aromatic nitrogens is 1. The fourth-order valence-corrected chi connectivity index (χ4v) is 4.46. The van der Waals surface area contributed by atoms with E-state index in [9.17, 15) is 9.59 Å². The summed E-state index contributed by atoms with van der Waals surface area (Å²) < 4.78 is 5.42. The van der Waals surface area contributed by atoms with Crippen LogP contribution in [-0.4, -0.2) is 66.6 Å². The van der Waals surface area contributed by atoms with E-state index in [1.807, 2.05) is 36.1 Å². The lowest BCUT2D eigenvalue weighted by atomic mass is 9.95. The van der Waals surface area contributed by atoms with Gasteiger partial charge in [-0.05, 0) is 55.2 Å². The van der Waals surface area contributed by atoms with Crippen LogP contribution in [0.15, 0.2) is 29.1 Å². The van der Waals surface area contributed by atoms with Gasteiger partial charge in [0.05, 0.1) is 13.2 Å². The van der Waals surface area contributed by atoms with Crippen molar-refractivity contribution in [2.24, 2.45) is 5.92 Å². The number of nitrogens with zero attached hydrogens (tertiary/aromatic N) is 2. The number of aromatic amines is 1. The molecule has 6 nitrogen and oxygen atoms in total. The molecule has 0 spiro atoms.